The van der Waals surface area contributed by atoms with Gasteiger partial charge in [0, 0.05) is 36.5 Å². The fraction of sp³-hybridized carbons (Fsp3) is 0.658. The molecule has 1 saturated heterocycles. The molecule has 2 aromatic rings. The predicted octanol–water partition coefficient (Wildman–Crippen LogP) is 6.10. The molecule has 6 rings (SSSR count). The molecule has 0 radical (unpaired) electrons. The Bertz CT molecular complexity index is 1470. The summed E-state index contributed by atoms with van der Waals surface area (Å²) in [5.41, 5.74) is 1.55. The number of carbonyl (C=O) groups is 4. The van der Waals surface area contributed by atoms with Crippen molar-refractivity contribution in [2.45, 2.75) is 122 Å². The van der Waals surface area contributed by atoms with Crippen molar-refractivity contribution < 1.29 is 32.3 Å². The SMILES string of the molecule is CCC(=O)NC(C=O)C1(c2ccc(NC=O)c(F)c2)CC1.CCn1nccc1C(=O)NC(C)C1CCCC2(CC2)C1.CN1CCC(C(F)F)CC1. The van der Waals surface area contributed by atoms with Gasteiger partial charge in [-0.05, 0) is 127 Å². The molecule has 3 unspecified atom stereocenters. The van der Waals surface area contributed by atoms with Crippen LogP contribution < -0.4 is 16.0 Å². The molecule has 3 saturated carbocycles. The van der Waals surface area contributed by atoms with E-state index in [0.717, 1.165) is 19.6 Å². The van der Waals surface area contributed by atoms with Crippen molar-refractivity contribution in [1.29, 1.82) is 0 Å². The van der Waals surface area contributed by atoms with Crippen molar-refractivity contribution in [3.05, 3.63) is 47.5 Å². The highest BCUT2D eigenvalue weighted by Gasteiger charge is 2.51. The standard InChI is InChI=1S/C16H25N3O.C15H17FN2O3.C7H13F2N/c1-3-19-14(6-10-17-19)15(20)18-12(2)13-5-4-7-16(11-13)8-9-16;1-2-14(21)18-13(8-19)15(5-6-15)10-3-4-12(17-9-20)11(16)7-10;1-10-4-2-6(3-5-10)7(8)9/h6,10,12-13H,3-5,7-9,11H2,1-2H3,(H,18,20);3-4,7-9,13H,2,5-6H2,1H3,(H,17,20)(H,18,21);6-7H,2-5H2,1H3. The first kappa shape index (κ1) is 40.0. The minimum atomic E-state index is -2.10. The zero-order chi connectivity index (χ0) is 37.2. The van der Waals surface area contributed by atoms with Gasteiger partial charge in [0.05, 0.1) is 11.7 Å². The van der Waals surface area contributed by atoms with Gasteiger partial charge in [-0.3, -0.25) is 19.1 Å². The second-order valence-corrected chi connectivity index (χ2v) is 14.8. The highest BCUT2D eigenvalue weighted by molar-refractivity contribution is 5.92. The lowest BCUT2D eigenvalue weighted by atomic mass is 9.76. The van der Waals surface area contributed by atoms with E-state index >= 15 is 0 Å². The minimum Gasteiger partial charge on any atom is -0.348 e. The number of piperidine rings is 1. The van der Waals surface area contributed by atoms with E-state index in [1.807, 2.05) is 14.0 Å². The lowest BCUT2D eigenvalue weighted by molar-refractivity contribution is -0.124. The third-order valence-electron chi connectivity index (χ3n) is 11.3. The van der Waals surface area contributed by atoms with Crippen LogP contribution in [0.15, 0.2) is 30.5 Å². The summed E-state index contributed by atoms with van der Waals surface area (Å²) in [6, 6.07) is 5.86. The van der Waals surface area contributed by atoms with E-state index in [0.29, 0.717) is 61.0 Å². The molecular weight excluding hydrogens is 661 g/mol. The number of aromatic nitrogens is 2. The molecule has 3 aliphatic carbocycles. The molecule has 4 aliphatic rings. The van der Waals surface area contributed by atoms with Gasteiger partial charge in [0.2, 0.25) is 18.7 Å². The van der Waals surface area contributed by atoms with Crippen LogP contribution in [0.2, 0.25) is 0 Å². The molecule has 3 atom stereocenters. The Morgan fingerprint density at radius 3 is 2.25 bits per heavy atom. The number of hydrogen-bond donors (Lipinski definition) is 3. The molecule has 282 valence electrons. The van der Waals surface area contributed by atoms with Crippen LogP contribution in [-0.4, -0.2) is 77.8 Å². The van der Waals surface area contributed by atoms with E-state index in [9.17, 15) is 32.3 Å². The minimum absolute atomic E-state index is 0.0206. The largest absolute Gasteiger partial charge is 0.348 e. The number of alkyl halides is 2. The number of aryl methyl sites for hydroxylation is 1. The third-order valence-corrected chi connectivity index (χ3v) is 11.3. The molecule has 13 heteroatoms. The summed E-state index contributed by atoms with van der Waals surface area (Å²) in [7, 11) is 1.97. The summed E-state index contributed by atoms with van der Waals surface area (Å²) in [5.74, 6) is -0.438. The number of hydrogen-bond acceptors (Lipinski definition) is 6. The Hall–Kier alpha value is -3.74. The number of aldehydes is 1. The number of benzene rings is 1. The second-order valence-electron chi connectivity index (χ2n) is 14.8. The molecule has 4 fully saturated rings. The van der Waals surface area contributed by atoms with Crippen molar-refractivity contribution in [3.8, 4) is 0 Å². The Labute approximate surface area is 299 Å². The maximum absolute atomic E-state index is 13.9. The van der Waals surface area contributed by atoms with Crippen molar-refractivity contribution >= 4 is 30.2 Å². The number of nitrogens with zero attached hydrogens (tertiary/aromatic N) is 3. The van der Waals surface area contributed by atoms with Gasteiger partial charge in [0.25, 0.3) is 5.91 Å². The van der Waals surface area contributed by atoms with E-state index in [1.54, 1.807) is 29.9 Å². The van der Waals surface area contributed by atoms with E-state index in [-0.39, 0.29) is 35.9 Å². The van der Waals surface area contributed by atoms with Gasteiger partial charge in [-0.15, -0.1) is 0 Å². The van der Waals surface area contributed by atoms with E-state index < -0.39 is 23.7 Å². The summed E-state index contributed by atoms with van der Waals surface area (Å²) in [4.78, 5) is 47.6. The maximum Gasteiger partial charge on any atom is 0.269 e. The molecule has 51 heavy (non-hydrogen) atoms. The van der Waals surface area contributed by atoms with Crippen LogP contribution in [0.5, 0.6) is 0 Å². The normalized spacial score (nSPS) is 21.5. The predicted molar refractivity (Wildman–Crippen MR) is 190 cm³/mol. The van der Waals surface area contributed by atoms with Crippen molar-refractivity contribution in [2.75, 3.05) is 25.5 Å². The molecule has 1 aliphatic heterocycles. The van der Waals surface area contributed by atoms with Crippen LogP contribution in [0.25, 0.3) is 0 Å². The summed E-state index contributed by atoms with van der Waals surface area (Å²) in [5, 5.41) is 12.3. The fourth-order valence-corrected chi connectivity index (χ4v) is 7.51. The molecule has 3 amide bonds. The quantitative estimate of drug-likeness (QED) is 0.228. The van der Waals surface area contributed by atoms with Gasteiger partial charge in [-0.25, -0.2) is 13.2 Å². The van der Waals surface area contributed by atoms with E-state index in [4.69, 9.17) is 0 Å². The van der Waals surface area contributed by atoms with Gasteiger partial charge >= 0.3 is 0 Å². The molecule has 0 bridgehead atoms. The summed E-state index contributed by atoms with van der Waals surface area (Å²) in [6.45, 7) is 8.26. The Morgan fingerprint density at radius 1 is 1.00 bits per heavy atom. The zero-order valence-corrected chi connectivity index (χ0v) is 30.4. The first-order chi connectivity index (χ1) is 24.4. The molecular formula is C38H55F3N6O4. The number of amides is 3. The van der Waals surface area contributed by atoms with Crippen LogP contribution in [0.3, 0.4) is 0 Å². The number of anilines is 1. The van der Waals surface area contributed by atoms with Gasteiger partial charge in [0.1, 0.15) is 17.8 Å². The van der Waals surface area contributed by atoms with Gasteiger partial charge in [-0.1, -0.05) is 19.4 Å². The Balaban J connectivity index is 0.000000182. The van der Waals surface area contributed by atoms with Crippen LogP contribution in [-0.2, 0) is 26.3 Å². The molecule has 1 aromatic heterocycles. The molecule has 1 spiro atoms. The van der Waals surface area contributed by atoms with Gasteiger partial charge in [0.15, 0.2) is 0 Å². The van der Waals surface area contributed by atoms with Gasteiger partial charge in [-0.2, -0.15) is 5.10 Å². The van der Waals surface area contributed by atoms with Crippen LogP contribution in [0.4, 0.5) is 18.9 Å². The Morgan fingerprint density at radius 2 is 1.71 bits per heavy atom. The van der Waals surface area contributed by atoms with Crippen LogP contribution >= 0.6 is 0 Å². The number of rotatable bonds is 12. The first-order valence-electron chi connectivity index (χ1n) is 18.4. The van der Waals surface area contributed by atoms with Crippen molar-refractivity contribution in [1.82, 2.24) is 25.3 Å². The van der Waals surface area contributed by atoms with Crippen molar-refractivity contribution in [2.24, 2.45) is 17.3 Å². The Kier molecular flexibility index (Phi) is 14.2. The van der Waals surface area contributed by atoms with Gasteiger partial charge < -0.3 is 25.6 Å². The molecule has 2 heterocycles. The monoisotopic (exact) mass is 716 g/mol. The fourth-order valence-electron chi connectivity index (χ4n) is 7.51. The summed E-state index contributed by atoms with van der Waals surface area (Å²) in [6.07, 6.45) is 11.9. The topological polar surface area (TPSA) is 125 Å². The lowest BCUT2D eigenvalue weighted by Gasteiger charge is -2.33. The van der Waals surface area contributed by atoms with E-state index in [1.165, 1.54) is 50.7 Å². The average molecular weight is 717 g/mol. The second kappa shape index (κ2) is 18.1. The van der Waals surface area contributed by atoms with Crippen molar-refractivity contribution in [3.63, 3.8) is 0 Å². The number of halogens is 3. The third kappa shape index (κ3) is 10.6. The number of likely N-dealkylation sites (tertiary alicyclic amines) is 1. The lowest BCUT2D eigenvalue weighted by Crippen LogP contribution is -2.44. The summed E-state index contributed by atoms with van der Waals surface area (Å²) >= 11 is 0. The van der Waals surface area contributed by atoms with Crippen LogP contribution in [0.1, 0.15) is 107 Å². The number of carbonyl (C=O) groups excluding carboxylic acids is 4. The number of nitrogens with one attached hydrogen (secondary N) is 3. The molecule has 3 N–H and O–H groups in total. The van der Waals surface area contributed by atoms with Crippen LogP contribution in [0, 0.1) is 23.1 Å². The molecule has 1 aromatic carbocycles. The average Bonchev–Trinajstić information content (AvgIpc) is 4.04. The zero-order valence-electron chi connectivity index (χ0n) is 30.4. The highest BCUT2D eigenvalue weighted by Crippen LogP contribution is 2.58. The summed E-state index contributed by atoms with van der Waals surface area (Å²) < 4.78 is 39.7. The van der Waals surface area contributed by atoms with E-state index in [2.05, 4.69) is 32.9 Å². The first-order valence-corrected chi connectivity index (χ1v) is 18.4. The smallest absolute Gasteiger partial charge is 0.269 e. The highest BCUT2D eigenvalue weighted by atomic mass is 19.3. The maximum atomic E-state index is 13.9. The molecule has 10 nitrogen and oxygen atoms in total.